The van der Waals surface area contributed by atoms with Crippen molar-refractivity contribution < 1.29 is 4.79 Å². The molecule has 1 N–H and O–H groups in total. The summed E-state index contributed by atoms with van der Waals surface area (Å²) >= 11 is 3.51. The topological polar surface area (TPSA) is 49.6 Å². The fourth-order valence-electron chi connectivity index (χ4n) is 2.57. The summed E-state index contributed by atoms with van der Waals surface area (Å²) < 4.78 is 2.76. The number of aromatic nitrogens is 2. The molecule has 0 saturated heterocycles. The monoisotopic (exact) mass is 366 g/mol. The molecule has 2 aromatic heterocycles. The van der Waals surface area contributed by atoms with Crippen LogP contribution in [0.25, 0.3) is 5.65 Å². The molecule has 6 heteroatoms. The highest BCUT2D eigenvalue weighted by molar-refractivity contribution is 9.10. The molecule has 1 amide bonds. The van der Waals surface area contributed by atoms with Crippen LogP contribution in [0.3, 0.4) is 0 Å². The average Bonchev–Trinajstić information content (AvgIpc) is 2.80. The first-order chi connectivity index (χ1) is 10.5. The first-order valence-electron chi connectivity index (χ1n) is 7.63. The molecule has 5 nitrogen and oxygen atoms in total. The van der Waals surface area contributed by atoms with Crippen LogP contribution >= 0.6 is 15.9 Å². The van der Waals surface area contributed by atoms with Crippen molar-refractivity contribution in [3.05, 3.63) is 33.7 Å². The van der Waals surface area contributed by atoms with Gasteiger partial charge in [-0.1, -0.05) is 13.8 Å². The molecular weight excluding hydrogens is 344 g/mol. The van der Waals surface area contributed by atoms with Crippen LogP contribution in [-0.4, -0.2) is 46.4 Å². The third-order valence-corrected chi connectivity index (χ3v) is 4.39. The lowest BCUT2D eigenvalue weighted by Gasteiger charge is -2.18. The van der Waals surface area contributed by atoms with Gasteiger partial charge in [-0.3, -0.25) is 9.20 Å². The van der Waals surface area contributed by atoms with Crippen molar-refractivity contribution in [3.63, 3.8) is 0 Å². The first-order valence-corrected chi connectivity index (χ1v) is 8.42. The summed E-state index contributed by atoms with van der Waals surface area (Å²) in [6.07, 6.45) is 1.94. The van der Waals surface area contributed by atoms with Gasteiger partial charge in [0.05, 0.1) is 10.2 Å². The molecule has 0 radical (unpaired) electrons. The van der Waals surface area contributed by atoms with Crippen LogP contribution in [-0.2, 0) is 0 Å². The number of imidazole rings is 1. The normalized spacial score (nSPS) is 11.4. The minimum absolute atomic E-state index is 0.0744. The van der Waals surface area contributed by atoms with E-state index in [-0.39, 0.29) is 5.91 Å². The zero-order valence-electron chi connectivity index (χ0n) is 13.6. The number of amides is 1. The van der Waals surface area contributed by atoms with Gasteiger partial charge in [-0.2, -0.15) is 0 Å². The van der Waals surface area contributed by atoms with Gasteiger partial charge in [-0.15, -0.1) is 0 Å². The van der Waals surface area contributed by atoms with Gasteiger partial charge in [0.25, 0.3) is 5.91 Å². The van der Waals surface area contributed by atoms with Crippen molar-refractivity contribution in [2.24, 2.45) is 0 Å². The molecule has 2 rings (SSSR count). The Hall–Kier alpha value is -1.40. The standard InChI is InChI=1S/C16H23BrN4O/c1-5-20(6-2)8-7-18-16(22)14-12(4)19-15-13(17)9-11(3)10-21(14)15/h9-10H,5-8H2,1-4H3,(H,18,22). The number of likely N-dealkylation sites (N-methyl/N-ethyl adjacent to an activating group) is 1. The van der Waals surface area contributed by atoms with E-state index in [9.17, 15) is 4.79 Å². The number of nitrogens with zero attached hydrogens (tertiary/aromatic N) is 3. The van der Waals surface area contributed by atoms with Crippen molar-refractivity contribution in [2.75, 3.05) is 26.2 Å². The van der Waals surface area contributed by atoms with Gasteiger partial charge in [-0.05, 0) is 54.5 Å². The number of fused-ring (bicyclic) bond motifs is 1. The molecule has 120 valence electrons. The Kier molecular flexibility index (Phi) is 5.58. The van der Waals surface area contributed by atoms with Crippen LogP contribution < -0.4 is 5.32 Å². The van der Waals surface area contributed by atoms with E-state index in [0.717, 1.165) is 41.0 Å². The molecule has 0 aliphatic rings. The number of aryl methyl sites for hydroxylation is 2. The fraction of sp³-hybridized carbons (Fsp3) is 0.500. The summed E-state index contributed by atoms with van der Waals surface area (Å²) in [4.78, 5) is 19.3. The highest BCUT2D eigenvalue weighted by Crippen LogP contribution is 2.22. The number of hydrogen-bond acceptors (Lipinski definition) is 3. The van der Waals surface area contributed by atoms with Gasteiger partial charge < -0.3 is 10.2 Å². The molecule has 0 fully saturated rings. The van der Waals surface area contributed by atoms with Gasteiger partial charge >= 0.3 is 0 Å². The highest BCUT2D eigenvalue weighted by atomic mass is 79.9. The van der Waals surface area contributed by atoms with E-state index in [4.69, 9.17) is 0 Å². The largest absolute Gasteiger partial charge is 0.349 e. The Morgan fingerprint density at radius 1 is 1.36 bits per heavy atom. The maximum Gasteiger partial charge on any atom is 0.270 e. The lowest BCUT2D eigenvalue weighted by atomic mass is 10.3. The quantitative estimate of drug-likeness (QED) is 0.854. The Morgan fingerprint density at radius 3 is 2.68 bits per heavy atom. The van der Waals surface area contributed by atoms with Crippen molar-refractivity contribution in [1.29, 1.82) is 0 Å². The van der Waals surface area contributed by atoms with Gasteiger partial charge in [0.2, 0.25) is 0 Å². The predicted octanol–water partition coefficient (Wildman–Crippen LogP) is 2.79. The Balaban J connectivity index is 2.19. The average molecular weight is 367 g/mol. The maximum absolute atomic E-state index is 12.5. The van der Waals surface area contributed by atoms with E-state index < -0.39 is 0 Å². The third kappa shape index (κ3) is 3.50. The van der Waals surface area contributed by atoms with E-state index in [0.29, 0.717) is 12.2 Å². The molecule has 2 heterocycles. The number of nitrogens with one attached hydrogen (secondary N) is 1. The molecule has 0 atom stereocenters. The van der Waals surface area contributed by atoms with E-state index in [1.807, 2.05) is 30.5 Å². The molecule has 0 bridgehead atoms. The minimum Gasteiger partial charge on any atom is -0.349 e. The summed E-state index contributed by atoms with van der Waals surface area (Å²) in [5.74, 6) is -0.0744. The van der Waals surface area contributed by atoms with Gasteiger partial charge in [0, 0.05) is 19.3 Å². The number of pyridine rings is 1. The van der Waals surface area contributed by atoms with E-state index >= 15 is 0 Å². The van der Waals surface area contributed by atoms with Crippen LogP contribution in [0.5, 0.6) is 0 Å². The molecule has 2 aromatic rings. The van der Waals surface area contributed by atoms with E-state index in [2.05, 4.69) is 45.0 Å². The van der Waals surface area contributed by atoms with Crippen molar-refractivity contribution in [1.82, 2.24) is 19.6 Å². The van der Waals surface area contributed by atoms with Crippen LogP contribution in [0.15, 0.2) is 16.7 Å². The molecule has 0 saturated carbocycles. The second kappa shape index (κ2) is 7.24. The summed E-state index contributed by atoms with van der Waals surface area (Å²) in [5, 5.41) is 3.00. The highest BCUT2D eigenvalue weighted by Gasteiger charge is 2.18. The molecule has 0 aliphatic heterocycles. The van der Waals surface area contributed by atoms with Crippen LogP contribution in [0.4, 0.5) is 0 Å². The lowest BCUT2D eigenvalue weighted by molar-refractivity contribution is 0.0942. The Morgan fingerprint density at radius 2 is 2.05 bits per heavy atom. The summed E-state index contributed by atoms with van der Waals surface area (Å²) in [7, 11) is 0. The van der Waals surface area contributed by atoms with Crippen molar-refractivity contribution >= 4 is 27.5 Å². The molecule has 22 heavy (non-hydrogen) atoms. The number of carbonyl (C=O) groups is 1. The fourth-order valence-corrected chi connectivity index (χ4v) is 3.21. The van der Waals surface area contributed by atoms with Crippen LogP contribution in [0.1, 0.15) is 35.6 Å². The number of rotatable bonds is 6. The Bertz CT molecular complexity index is 676. The molecular formula is C16H23BrN4O. The SMILES string of the molecule is CCN(CC)CCNC(=O)c1c(C)nc2c(Br)cc(C)cn12. The molecule has 0 unspecified atom stereocenters. The zero-order valence-corrected chi connectivity index (χ0v) is 15.2. The second-order valence-corrected chi connectivity index (χ2v) is 6.24. The van der Waals surface area contributed by atoms with Crippen molar-refractivity contribution in [3.8, 4) is 0 Å². The van der Waals surface area contributed by atoms with E-state index in [1.54, 1.807) is 0 Å². The number of carbonyl (C=O) groups excluding carboxylic acids is 1. The molecule has 0 spiro atoms. The zero-order chi connectivity index (χ0) is 16.3. The van der Waals surface area contributed by atoms with Gasteiger partial charge in [0.1, 0.15) is 5.69 Å². The smallest absolute Gasteiger partial charge is 0.270 e. The van der Waals surface area contributed by atoms with E-state index in [1.165, 1.54) is 0 Å². The van der Waals surface area contributed by atoms with Crippen molar-refractivity contribution in [2.45, 2.75) is 27.7 Å². The minimum atomic E-state index is -0.0744. The predicted molar refractivity (Wildman–Crippen MR) is 92.5 cm³/mol. The molecule has 0 aromatic carbocycles. The maximum atomic E-state index is 12.5. The lowest BCUT2D eigenvalue weighted by Crippen LogP contribution is -2.35. The van der Waals surface area contributed by atoms with Gasteiger partial charge in [0.15, 0.2) is 5.65 Å². The Labute approximate surface area is 139 Å². The molecule has 0 aliphatic carbocycles. The third-order valence-electron chi connectivity index (χ3n) is 3.81. The van der Waals surface area contributed by atoms with Crippen LogP contribution in [0.2, 0.25) is 0 Å². The number of halogens is 1. The summed E-state index contributed by atoms with van der Waals surface area (Å²) in [6.45, 7) is 11.6. The number of hydrogen-bond donors (Lipinski definition) is 1. The summed E-state index contributed by atoms with van der Waals surface area (Å²) in [5.41, 5.74) is 3.21. The van der Waals surface area contributed by atoms with Gasteiger partial charge in [-0.25, -0.2) is 4.98 Å². The second-order valence-electron chi connectivity index (χ2n) is 5.39. The summed E-state index contributed by atoms with van der Waals surface area (Å²) in [6, 6.07) is 2.00. The van der Waals surface area contributed by atoms with Crippen LogP contribution in [0, 0.1) is 13.8 Å². The first kappa shape index (κ1) is 17.0.